The smallest absolute Gasteiger partial charge is 0.267 e. The van der Waals surface area contributed by atoms with Crippen LogP contribution >= 0.6 is 11.8 Å². The molecule has 2 aromatic heterocycles. The molecular weight excluding hydrogens is 350 g/mol. The molecule has 0 saturated heterocycles. The highest BCUT2D eigenvalue weighted by Crippen LogP contribution is 2.20. The summed E-state index contributed by atoms with van der Waals surface area (Å²) in [6, 6.07) is 10.0. The summed E-state index contributed by atoms with van der Waals surface area (Å²) in [7, 11) is 0. The van der Waals surface area contributed by atoms with Crippen molar-refractivity contribution in [1.82, 2.24) is 24.6 Å². The number of carbonyl (C=O) groups excluding carboxylic acids is 1. The average molecular weight is 367 g/mol. The van der Waals surface area contributed by atoms with E-state index in [1.807, 2.05) is 41.2 Å². The Morgan fingerprint density at radius 2 is 2.04 bits per heavy atom. The summed E-state index contributed by atoms with van der Waals surface area (Å²) in [6.07, 6.45) is 4.96. The van der Waals surface area contributed by atoms with Gasteiger partial charge in [0.2, 0.25) is 0 Å². The molecule has 0 fully saturated rings. The summed E-state index contributed by atoms with van der Waals surface area (Å²) < 4.78 is 3.37. The van der Waals surface area contributed by atoms with Crippen LogP contribution in [0.1, 0.15) is 21.5 Å². The maximum Gasteiger partial charge on any atom is 0.267 e. The molecule has 0 saturated carbocycles. The largest absolute Gasteiger partial charge is 0.348 e. The second kappa shape index (κ2) is 7.17. The van der Waals surface area contributed by atoms with Crippen molar-refractivity contribution in [2.75, 3.05) is 5.75 Å². The quantitative estimate of drug-likeness (QED) is 0.692. The average Bonchev–Trinajstić information content (AvgIpc) is 3.30. The van der Waals surface area contributed by atoms with Gasteiger partial charge in [-0.25, -0.2) is 4.98 Å². The van der Waals surface area contributed by atoms with Crippen molar-refractivity contribution in [1.29, 1.82) is 0 Å². The Kier molecular flexibility index (Phi) is 4.57. The van der Waals surface area contributed by atoms with Crippen LogP contribution in [0.2, 0.25) is 0 Å². The lowest BCUT2D eigenvalue weighted by molar-refractivity contribution is 0.0948. The SMILES string of the molecule is O=C(NCc1cnn(Cc2ccccc2)c1)c1cnc2n(c1=O)CCS2. The molecule has 0 atom stereocenters. The number of aromatic nitrogens is 4. The maximum absolute atomic E-state index is 12.4. The van der Waals surface area contributed by atoms with E-state index in [2.05, 4.69) is 15.4 Å². The van der Waals surface area contributed by atoms with Crippen molar-refractivity contribution in [3.05, 3.63) is 76.0 Å². The van der Waals surface area contributed by atoms with Gasteiger partial charge in [-0.3, -0.25) is 18.8 Å². The van der Waals surface area contributed by atoms with Gasteiger partial charge in [0.25, 0.3) is 11.5 Å². The number of benzene rings is 1. The highest BCUT2D eigenvalue weighted by Gasteiger charge is 2.19. The minimum Gasteiger partial charge on any atom is -0.348 e. The van der Waals surface area contributed by atoms with Gasteiger partial charge >= 0.3 is 0 Å². The number of hydrogen-bond donors (Lipinski definition) is 1. The lowest BCUT2D eigenvalue weighted by Crippen LogP contribution is -2.33. The van der Waals surface area contributed by atoms with E-state index in [1.54, 1.807) is 10.8 Å². The van der Waals surface area contributed by atoms with E-state index in [1.165, 1.54) is 18.0 Å². The molecular formula is C18H17N5O2S. The zero-order valence-corrected chi connectivity index (χ0v) is 14.8. The fourth-order valence-electron chi connectivity index (χ4n) is 2.81. The van der Waals surface area contributed by atoms with Crippen molar-refractivity contribution in [3.63, 3.8) is 0 Å². The molecule has 0 bridgehead atoms. The highest BCUT2D eigenvalue weighted by molar-refractivity contribution is 7.99. The number of fused-ring (bicyclic) bond motifs is 1. The summed E-state index contributed by atoms with van der Waals surface area (Å²) in [5.74, 6) is 0.402. The Morgan fingerprint density at radius 3 is 2.88 bits per heavy atom. The summed E-state index contributed by atoms with van der Waals surface area (Å²) >= 11 is 1.53. The van der Waals surface area contributed by atoms with Gasteiger partial charge in [-0.1, -0.05) is 42.1 Å². The predicted molar refractivity (Wildman–Crippen MR) is 98.2 cm³/mol. The third-order valence-electron chi connectivity index (χ3n) is 4.13. The number of nitrogens with zero attached hydrogens (tertiary/aromatic N) is 4. The van der Waals surface area contributed by atoms with E-state index < -0.39 is 5.91 Å². The van der Waals surface area contributed by atoms with Crippen LogP contribution in [-0.4, -0.2) is 31.0 Å². The number of rotatable bonds is 5. The van der Waals surface area contributed by atoms with E-state index in [0.29, 0.717) is 24.8 Å². The molecule has 1 N–H and O–H groups in total. The van der Waals surface area contributed by atoms with E-state index in [0.717, 1.165) is 16.9 Å². The normalized spacial score (nSPS) is 12.8. The summed E-state index contributed by atoms with van der Waals surface area (Å²) in [5, 5.41) is 7.76. The zero-order valence-electron chi connectivity index (χ0n) is 14.0. The molecule has 1 amide bonds. The molecule has 8 heteroatoms. The Labute approximate surface area is 154 Å². The Morgan fingerprint density at radius 1 is 1.19 bits per heavy atom. The number of amides is 1. The van der Waals surface area contributed by atoms with Gasteiger partial charge in [0, 0.05) is 36.8 Å². The van der Waals surface area contributed by atoms with Gasteiger partial charge in [-0.2, -0.15) is 5.10 Å². The second-order valence-electron chi connectivity index (χ2n) is 5.97. The molecule has 1 aromatic carbocycles. The minimum atomic E-state index is -0.412. The predicted octanol–water partition coefficient (Wildman–Crippen LogP) is 1.52. The number of thioether (sulfide) groups is 1. The van der Waals surface area contributed by atoms with E-state index in [-0.39, 0.29) is 11.1 Å². The topological polar surface area (TPSA) is 81.8 Å². The van der Waals surface area contributed by atoms with Crippen molar-refractivity contribution >= 4 is 17.7 Å². The molecule has 0 radical (unpaired) electrons. The first kappa shape index (κ1) is 16.6. The standard InChI is InChI=1S/C18H17N5O2S/c24-16(15-10-20-18-23(17(15)25)6-7-26-18)19-8-14-9-21-22(12-14)11-13-4-2-1-3-5-13/h1-5,9-10,12H,6-8,11H2,(H,19,24). The van der Waals surface area contributed by atoms with Gasteiger partial charge in [0.1, 0.15) is 5.56 Å². The van der Waals surface area contributed by atoms with Crippen LogP contribution in [0.5, 0.6) is 0 Å². The van der Waals surface area contributed by atoms with Gasteiger partial charge in [-0.05, 0) is 5.56 Å². The molecule has 0 unspecified atom stereocenters. The first-order valence-corrected chi connectivity index (χ1v) is 9.25. The fourth-order valence-corrected chi connectivity index (χ4v) is 3.72. The van der Waals surface area contributed by atoms with Crippen molar-refractivity contribution in [2.24, 2.45) is 0 Å². The van der Waals surface area contributed by atoms with Crippen molar-refractivity contribution in [3.8, 4) is 0 Å². The van der Waals surface area contributed by atoms with E-state index >= 15 is 0 Å². The van der Waals surface area contributed by atoms with Crippen LogP contribution in [0.25, 0.3) is 0 Å². The molecule has 4 rings (SSSR count). The van der Waals surface area contributed by atoms with Gasteiger partial charge in [-0.15, -0.1) is 0 Å². The van der Waals surface area contributed by atoms with Crippen LogP contribution in [0.15, 0.2) is 58.9 Å². The van der Waals surface area contributed by atoms with Crippen LogP contribution in [0.3, 0.4) is 0 Å². The Balaban J connectivity index is 1.40. The van der Waals surface area contributed by atoms with Crippen LogP contribution < -0.4 is 10.9 Å². The van der Waals surface area contributed by atoms with Crippen molar-refractivity contribution in [2.45, 2.75) is 24.8 Å². The Hall–Kier alpha value is -2.87. The van der Waals surface area contributed by atoms with Crippen LogP contribution in [0.4, 0.5) is 0 Å². The summed E-state index contributed by atoms with van der Waals surface area (Å²) in [5.41, 5.74) is 1.82. The van der Waals surface area contributed by atoms with E-state index in [9.17, 15) is 9.59 Å². The zero-order chi connectivity index (χ0) is 17.9. The minimum absolute atomic E-state index is 0.0768. The first-order chi connectivity index (χ1) is 12.7. The molecule has 3 heterocycles. The molecule has 7 nitrogen and oxygen atoms in total. The first-order valence-electron chi connectivity index (χ1n) is 8.27. The lowest BCUT2D eigenvalue weighted by atomic mass is 10.2. The Bertz CT molecular complexity index is 996. The number of carbonyl (C=O) groups is 1. The van der Waals surface area contributed by atoms with E-state index in [4.69, 9.17) is 0 Å². The molecule has 26 heavy (non-hydrogen) atoms. The van der Waals surface area contributed by atoms with Crippen molar-refractivity contribution < 1.29 is 4.79 Å². The highest BCUT2D eigenvalue weighted by atomic mass is 32.2. The maximum atomic E-state index is 12.4. The molecule has 1 aliphatic rings. The van der Waals surface area contributed by atoms with Gasteiger partial charge in [0.05, 0.1) is 12.7 Å². The number of hydrogen-bond acceptors (Lipinski definition) is 5. The molecule has 1 aliphatic heterocycles. The second-order valence-corrected chi connectivity index (χ2v) is 7.04. The third kappa shape index (κ3) is 3.41. The van der Waals surface area contributed by atoms with Gasteiger partial charge < -0.3 is 5.32 Å². The summed E-state index contributed by atoms with van der Waals surface area (Å²) in [6.45, 7) is 1.57. The molecule has 0 spiro atoms. The number of nitrogens with one attached hydrogen (secondary N) is 1. The molecule has 0 aliphatic carbocycles. The molecule has 3 aromatic rings. The fraction of sp³-hybridized carbons (Fsp3) is 0.222. The van der Waals surface area contributed by atoms with Crippen LogP contribution in [-0.2, 0) is 19.6 Å². The monoisotopic (exact) mass is 367 g/mol. The molecule has 132 valence electrons. The van der Waals surface area contributed by atoms with Gasteiger partial charge in [0.15, 0.2) is 5.16 Å². The van der Waals surface area contributed by atoms with Crippen LogP contribution in [0, 0.1) is 0 Å². The summed E-state index contributed by atoms with van der Waals surface area (Å²) in [4.78, 5) is 28.9. The lowest BCUT2D eigenvalue weighted by Gasteiger charge is -2.06. The third-order valence-corrected chi connectivity index (χ3v) is 5.10.